The number of primary sulfonamides is 1. The van der Waals surface area contributed by atoms with E-state index in [2.05, 4.69) is 5.32 Å². The molecule has 2 aromatic carbocycles. The summed E-state index contributed by atoms with van der Waals surface area (Å²) in [4.78, 5) is 11.8. The van der Waals surface area contributed by atoms with E-state index in [1.807, 2.05) is 6.07 Å². The van der Waals surface area contributed by atoms with Crippen molar-refractivity contribution >= 4 is 21.7 Å². The quantitative estimate of drug-likeness (QED) is 0.793. The molecular formula is C17H17FN2O4S. The Morgan fingerprint density at radius 2 is 2.04 bits per heavy atom. The van der Waals surface area contributed by atoms with E-state index in [1.165, 1.54) is 37.4 Å². The molecule has 2 atom stereocenters. The molecule has 0 aliphatic heterocycles. The highest BCUT2D eigenvalue weighted by atomic mass is 32.2. The van der Waals surface area contributed by atoms with E-state index in [0.29, 0.717) is 5.69 Å². The van der Waals surface area contributed by atoms with Gasteiger partial charge in [-0.3, -0.25) is 0 Å². The van der Waals surface area contributed by atoms with E-state index in [-0.39, 0.29) is 28.2 Å². The number of nitrogens with one attached hydrogen (secondary N) is 1. The fraction of sp³-hybridized carbons (Fsp3) is 0.235. The van der Waals surface area contributed by atoms with E-state index in [1.54, 1.807) is 6.07 Å². The smallest absolute Gasteiger partial charge is 0.340 e. The minimum absolute atomic E-state index is 0.0190. The molecule has 0 bridgehead atoms. The molecule has 0 amide bonds. The van der Waals surface area contributed by atoms with Crippen LogP contribution in [0.5, 0.6) is 0 Å². The summed E-state index contributed by atoms with van der Waals surface area (Å²) in [6.45, 7) is 0. The summed E-state index contributed by atoms with van der Waals surface area (Å²) in [5.41, 5.74) is 1.40. The predicted molar refractivity (Wildman–Crippen MR) is 90.3 cm³/mol. The van der Waals surface area contributed by atoms with Gasteiger partial charge >= 0.3 is 5.97 Å². The summed E-state index contributed by atoms with van der Waals surface area (Å²) in [5.74, 6) is -0.842. The van der Waals surface area contributed by atoms with Crippen molar-refractivity contribution in [3.05, 3.63) is 59.4 Å². The molecule has 1 aliphatic rings. The molecule has 0 unspecified atom stereocenters. The van der Waals surface area contributed by atoms with Crippen LogP contribution in [0, 0.1) is 5.82 Å². The molecule has 0 aromatic heterocycles. The van der Waals surface area contributed by atoms with E-state index in [0.717, 1.165) is 12.0 Å². The van der Waals surface area contributed by atoms with Crippen LogP contribution in [0.3, 0.4) is 0 Å². The highest BCUT2D eigenvalue weighted by Crippen LogP contribution is 2.43. The molecule has 1 fully saturated rings. The van der Waals surface area contributed by atoms with Gasteiger partial charge in [0.25, 0.3) is 0 Å². The molecule has 6 nitrogen and oxygen atoms in total. The standard InChI is InChI=1S/C17H17FN2O4S/c1-24-17(21)14-8-12(25(19,22)23)5-6-15(14)20-16-9-13(16)10-3-2-4-11(18)7-10/h2-8,13,16,20H,9H2,1H3,(H2,19,22,23)/t13-,16+/m0/s1. The maximum Gasteiger partial charge on any atom is 0.340 e. The Kier molecular flexibility index (Phi) is 4.49. The number of benzene rings is 2. The summed E-state index contributed by atoms with van der Waals surface area (Å²) < 4.78 is 41.0. The zero-order valence-corrected chi connectivity index (χ0v) is 14.2. The number of carbonyl (C=O) groups excluding carboxylic acids is 1. The Morgan fingerprint density at radius 3 is 2.68 bits per heavy atom. The number of ether oxygens (including phenoxy) is 1. The van der Waals surface area contributed by atoms with E-state index < -0.39 is 16.0 Å². The molecule has 0 spiro atoms. The van der Waals surface area contributed by atoms with Crippen molar-refractivity contribution in [2.45, 2.75) is 23.3 Å². The van der Waals surface area contributed by atoms with Crippen molar-refractivity contribution in [3.63, 3.8) is 0 Å². The van der Waals surface area contributed by atoms with Crippen LogP contribution in [0.1, 0.15) is 28.3 Å². The Balaban J connectivity index is 1.84. The van der Waals surface area contributed by atoms with E-state index in [9.17, 15) is 17.6 Å². The van der Waals surface area contributed by atoms with Crippen molar-refractivity contribution < 1.29 is 22.3 Å². The predicted octanol–water partition coefficient (Wildman–Crippen LogP) is 2.23. The fourth-order valence-corrected chi connectivity index (χ4v) is 3.30. The number of methoxy groups -OCH3 is 1. The van der Waals surface area contributed by atoms with Crippen molar-refractivity contribution in [1.29, 1.82) is 0 Å². The second kappa shape index (κ2) is 6.45. The number of sulfonamides is 1. The van der Waals surface area contributed by atoms with Crippen LogP contribution in [0.25, 0.3) is 0 Å². The monoisotopic (exact) mass is 364 g/mol. The molecule has 1 aliphatic carbocycles. The first-order valence-corrected chi connectivity index (χ1v) is 9.11. The summed E-state index contributed by atoms with van der Waals surface area (Å²) in [6, 6.07) is 10.4. The van der Waals surface area contributed by atoms with Gasteiger partial charge in [-0.1, -0.05) is 12.1 Å². The SMILES string of the molecule is COC(=O)c1cc(S(N)(=O)=O)ccc1N[C@@H]1C[C@H]1c1cccc(F)c1. The van der Waals surface area contributed by atoms with Gasteiger partial charge in [-0.25, -0.2) is 22.7 Å². The molecule has 0 heterocycles. The second-order valence-electron chi connectivity index (χ2n) is 5.89. The zero-order chi connectivity index (χ0) is 18.2. The molecule has 3 N–H and O–H groups in total. The highest BCUT2D eigenvalue weighted by Gasteiger charge is 2.39. The van der Waals surface area contributed by atoms with Crippen molar-refractivity contribution in [1.82, 2.24) is 0 Å². The summed E-state index contributed by atoms with van der Waals surface area (Å²) in [6.07, 6.45) is 0.779. The summed E-state index contributed by atoms with van der Waals surface area (Å²) in [5, 5.41) is 8.29. The number of esters is 1. The van der Waals surface area contributed by atoms with Crippen LogP contribution >= 0.6 is 0 Å². The van der Waals surface area contributed by atoms with Crippen LogP contribution < -0.4 is 10.5 Å². The summed E-state index contributed by atoms with van der Waals surface area (Å²) in [7, 11) is -2.72. The average molecular weight is 364 g/mol. The lowest BCUT2D eigenvalue weighted by Gasteiger charge is -2.12. The topological polar surface area (TPSA) is 98.5 Å². The maximum absolute atomic E-state index is 13.3. The second-order valence-corrected chi connectivity index (χ2v) is 7.45. The van der Waals surface area contributed by atoms with Crippen LogP contribution in [0.4, 0.5) is 10.1 Å². The molecule has 25 heavy (non-hydrogen) atoms. The molecule has 3 rings (SSSR count). The third kappa shape index (κ3) is 3.80. The van der Waals surface area contributed by atoms with Crippen molar-refractivity contribution in [2.24, 2.45) is 5.14 Å². The van der Waals surface area contributed by atoms with Gasteiger partial charge in [-0.2, -0.15) is 0 Å². The largest absolute Gasteiger partial charge is 0.465 e. The third-order valence-corrected chi connectivity index (χ3v) is 5.04. The first kappa shape index (κ1) is 17.4. The van der Waals surface area contributed by atoms with Gasteiger partial charge in [0, 0.05) is 17.6 Å². The lowest BCUT2D eigenvalue weighted by atomic mass is 10.1. The molecular weight excluding hydrogens is 347 g/mol. The Labute approximate surface area is 144 Å². The number of hydrogen-bond acceptors (Lipinski definition) is 5. The van der Waals surface area contributed by atoms with Crippen molar-refractivity contribution in [3.8, 4) is 0 Å². The third-order valence-electron chi connectivity index (χ3n) is 4.13. The minimum Gasteiger partial charge on any atom is -0.465 e. The van der Waals surface area contributed by atoms with Gasteiger partial charge in [0.15, 0.2) is 0 Å². The number of anilines is 1. The highest BCUT2D eigenvalue weighted by molar-refractivity contribution is 7.89. The lowest BCUT2D eigenvalue weighted by molar-refractivity contribution is 0.0601. The Hall–Kier alpha value is -2.45. The summed E-state index contributed by atoms with van der Waals surface area (Å²) >= 11 is 0. The normalized spacial score (nSPS) is 19.3. The Bertz CT molecular complexity index is 930. The lowest BCUT2D eigenvalue weighted by Crippen LogP contribution is -2.15. The number of hydrogen-bond donors (Lipinski definition) is 2. The molecule has 0 saturated heterocycles. The molecule has 132 valence electrons. The zero-order valence-electron chi connectivity index (χ0n) is 13.4. The van der Waals surface area contributed by atoms with Crippen LogP contribution in [-0.4, -0.2) is 27.5 Å². The molecule has 8 heteroatoms. The number of carbonyl (C=O) groups is 1. The van der Waals surface area contributed by atoms with Gasteiger partial charge < -0.3 is 10.1 Å². The van der Waals surface area contributed by atoms with Gasteiger partial charge in [-0.15, -0.1) is 0 Å². The van der Waals surface area contributed by atoms with Gasteiger partial charge in [-0.05, 0) is 42.3 Å². The van der Waals surface area contributed by atoms with Crippen LogP contribution in [0.2, 0.25) is 0 Å². The van der Waals surface area contributed by atoms with E-state index >= 15 is 0 Å². The van der Waals surface area contributed by atoms with Crippen LogP contribution in [0.15, 0.2) is 47.4 Å². The maximum atomic E-state index is 13.3. The first-order chi connectivity index (χ1) is 11.8. The van der Waals surface area contributed by atoms with Crippen LogP contribution in [-0.2, 0) is 14.8 Å². The minimum atomic E-state index is -3.93. The number of nitrogens with two attached hydrogens (primary N) is 1. The van der Waals surface area contributed by atoms with Gasteiger partial charge in [0.05, 0.1) is 17.6 Å². The average Bonchev–Trinajstić information content (AvgIpc) is 3.32. The number of halogens is 1. The van der Waals surface area contributed by atoms with Gasteiger partial charge in [0.1, 0.15) is 5.82 Å². The number of rotatable bonds is 5. The first-order valence-electron chi connectivity index (χ1n) is 7.57. The van der Waals surface area contributed by atoms with E-state index in [4.69, 9.17) is 9.88 Å². The molecule has 1 saturated carbocycles. The Morgan fingerprint density at radius 1 is 1.28 bits per heavy atom. The molecule has 2 aromatic rings. The van der Waals surface area contributed by atoms with Gasteiger partial charge in [0.2, 0.25) is 10.0 Å². The van der Waals surface area contributed by atoms with Crippen molar-refractivity contribution in [2.75, 3.05) is 12.4 Å². The fourth-order valence-electron chi connectivity index (χ4n) is 2.76. The molecule has 0 radical (unpaired) electrons.